The number of ether oxygens (including phenoxy) is 1. The number of rotatable bonds is 1. The Morgan fingerprint density at radius 2 is 1.73 bits per heavy atom. The molecule has 0 amide bonds. The predicted molar refractivity (Wildman–Crippen MR) is 84.5 cm³/mol. The van der Waals surface area contributed by atoms with E-state index in [0.717, 1.165) is 27.1 Å². The largest absolute Gasteiger partial charge is 0.508 e. The van der Waals surface area contributed by atoms with Gasteiger partial charge >= 0.3 is 0 Å². The van der Waals surface area contributed by atoms with Gasteiger partial charge in [0.1, 0.15) is 5.75 Å². The number of aromatic nitrogens is 1. The quantitative estimate of drug-likeness (QED) is 0.322. The minimum absolute atomic E-state index is 0.130. The Balaban J connectivity index is 2.16. The molecule has 0 aliphatic carbocycles. The van der Waals surface area contributed by atoms with Gasteiger partial charge in [0.25, 0.3) is 0 Å². The fraction of sp³-hybridized carbons (Fsp3) is 0.0556. The Bertz CT molecular complexity index is 1040. The smallest absolute Gasteiger partial charge is 0.219 e. The average molecular weight is 292 g/mol. The van der Waals surface area contributed by atoms with E-state index in [1.807, 2.05) is 41.1 Å². The predicted octanol–water partition coefficient (Wildman–Crippen LogP) is 3.15. The van der Waals surface area contributed by atoms with Crippen LogP contribution in [0.2, 0.25) is 0 Å². The van der Waals surface area contributed by atoms with Gasteiger partial charge in [0.15, 0.2) is 23.9 Å². The average Bonchev–Trinajstić information content (AvgIpc) is 2.54. The molecule has 108 valence electrons. The molecule has 4 aromatic rings. The zero-order valence-electron chi connectivity index (χ0n) is 11.9. The van der Waals surface area contributed by atoms with Crippen molar-refractivity contribution in [1.29, 1.82) is 0 Å². The summed E-state index contributed by atoms with van der Waals surface area (Å²) in [6, 6.07) is 12.9. The van der Waals surface area contributed by atoms with E-state index in [4.69, 9.17) is 4.74 Å². The third kappa shape index (κ3) is 1.74. The minimum atomic E-state index is 0.130. The molecule has 0 radical (unpaired) electrons. The molecule has 0 bridgehead atoms. The normalized spacial score (nSPS) is 11.3. The van der Waals surface area contributed by atoms with Crippen molar-refractivity contribution in [2.24, 2.45) is 0 Å². The number of hydrogen-bond acceptors (Lipinski definition) is 3. The Hall–Kier alpha value is -3.01. The van der Waals surface area contributed by atoms with Crippen LogP contribution in [-0.2, 0) is 0 Å². The van der Waals surface area contributed by atoms with Gasteiger partial charge in [-0.15, -0.1) is 0 Å². The van der Waals surface area contributed by atoms with Crippen LogP contribution < -0.4 is 9.14 Å². The van der Waals surface area contributed by atoms with Crippen LogP contribution in [0.25, 0.3) is 27.1 Å². The lowest BCUT2D eigenvalue weighted by Gasteiger charge is -2.06. The summed E-state index contributed by atoms with van der Waals surface area (Å²) in [7, 11) is 1.53. The second-order valence-electron chi connectivity index (χ2n) is 5.27. The molecule has 2 aromatic heterocycles. The van der Waals surface area contributed by atoms with Crippen molar-refractivity contribution in [2.75, 3.05) is 7.11 Å². The van der Waals surface area contributed by atoms with Crippen molar-refractivity contribution in [1.82, 2.24) is 0 Å². The molecule has 4 nitrogen and oxygen atoms in total. The van der Waals surface area contributed by atoms with E-state index in [1.54, 1.807) is 18.2 Å². The van der Waals surface area contributed by atoms with Crippen LogP contribution in [0.4, 0.5) is 0 Å². The van der Waals surface area contributed by atoms with Gasteiger partial charge in [0.05, 0.1) is 17.9 Å². The molecular weight excluding hydrogens is 278 g/mol. The van der Waals surface area contributed by atoms with Crippen molar-refractivity contribution >= 4 is 27.1 Å². The first kappa shape index (κ1) is 12.7. The van der Waals surface area contributed by atoms with E-state index in [0.29, 0.717) is 5.75 Å². The van der Waals surface area contributed by atoms with Crippen molar-refractivity contribution in [3.8, 4) is 17.2 Å². The molecular formula is C18H14NO3+. The molecule has 0 saturated carbocycles. The highest BCUT2D eigenvalue weighted by atomic mass is 16.5. The summed E-state index contributed by atoms with van der Waals surface area (Å²) in [5, 5.41) is 23.7. The molecule has 2 heterocycles. The van der Waals surface area contributed by atoms with Gasteiger partial charge in [-0.25, -0.2) is 0 Å². The van der Waals surface area contributed by atoms with Crippen LogP contribution in [0.5, 0.6) is 17.2 Å². The Morgan fingerprint density at radius 3 is 2.55 bits per heavy atom. The Morgan fingerprint density at radius 1 is 0.909 bits per heavy atom. The van der Waals surface area contributed by atoms with Crippen molar-refractivity contribution in [3.05, 3.63) is 54.9 Å². The fourth-order valence-corrected chi connectivity index (χ4v) is 2.87. The van der Waals surface area contributed by atoms with Crippen molar-refractivity contribution in [2.45, 2.75) is 0 Å². The zero-order valence-corrected chi connectivity index (χ0v) is 11.9. The first-order valence-corrected chi connectivity index (χ1v) is 6.94. The second-order valence-corrected chi connectivity index (χ2v) is 5.27. The van der Waals surface area contributed by atoms with E-state index in [9.17, 15) is 10.2 Å². The molecule has 0 aliphatic rings. The van der Waals surface area contributed by atoms with Crippen LogP contribution in [0, 0.1) is 0 Å². The molecule has 4 rings (SSSR count). The molecule has 2 N–H and O–H groups in total. The summed E-state index contributed by atoms with van der Waals surface area (Å²) in [6.07, 6.45) is 3.80. The summed E-state index contributed by atoms with van der Waals surface area (Å²) in [6.45, 7) is 0. The Labute approximate surface area is 126 Å². The minimum Gasteiger partial charge on any atom is -0.508 e. The van der Waals surface area contributed by atoms with Gasteiger partial charge in [0, 0.05) is 12.1 Å². The molecule has 22 heavy (non-hydrogen) atoms. The fourth-order valence-electron chi connectivity index (χ4n) is 2.87. The van der Waals surface area contributed by atoms with Gasteiger partial charge in [-0.1, -0.05) is 6.07 Å². The maximum Gasteiger partial charge on any atom is 0.219 e. The number of methoxy groups -OCH3 is 1. The van der Waals surface area contributed by atoms with E-state index >= 15 is 0 Å². The number of aromatic hydroxyl groups is 2. The number of nitrogens with zero attached hydrogens (tertiary/aromatic N) is 1. The number of phenolic OH excluding ortho intramolecular Hbond substituents is 2. The molecule has 0 fully saturated rings. The van der Waals surface area contributed by atoms with Crippen LogP contribution in [0.3, 0.4) is 0 Å². The summed E-state index contributed by atoms with van der Waals surface area (Å²) in [5.74, 6) is 0.814. The first-order valence-electron chi connectivity index (χ1n) is 6.94. The summed E-state index contributed by atoms with van der Waals surface area (Å²) in [5.41, 5.74) is 0.963. The van der Waals surface area contributed by atoms with Crippen molar-refractivity contribution < 1.29 is 19.4 Å². The van der Waals surface area contributed by atoms with Gasteiger partial charge in [-0.05, 0) is 35.0 Å². The molecule has 0 unspecified atom stereocenters. The highest BCUT2D eigenvalue weighted by Crippen LogP contribution is 2.34. The van der Waals surface area contributed by atoms with E-state index < -0.39 is 0 Å². The lowest BCUT2D eigenvalue weighted by atomic mass is 10.1. The van der Waals surface area contributed by atoms with Crippen LogP contribution in [0.1, 0.15) is 0 Å². The highest BCUT2D eigenvalue weighted by molar-refractivity contribution is 5.99. The van der Waals surface area contributed by atoms with Crippen LogP contribution in [-0.4, -0.2) is 17.3 Å². The molecule has 2 aromatic carbocycles. The van der Waals surface area contributed by atoms with Crippen LogP contribution in [0.15, 0.2) is 54.9 Å². The summed E-state index contributed by atoms with van der Waals surface area (Å²) in [4.78, 5) is 0. The zero-order chi connectivity index (χ0) is 15.3. The monoisotopic (exact) mass is 292 g/mol. The lowest BCUT2D eigenvalue weighted by Crippen LogP contribution is -2.20. The third-order valence-electron chi connectivity index (χ3n) is 4.00. The number of fused-ring (bicyclic) bond motifs is 4. The van der Waals surface area contributed by atoms with Crippen LogP contribution >= 0.6 is 0 Å². The maximum atomic E-state index is 10.3. The molecule has 0 aliphatic heterocycles. The second kappa shape index (κ2) is 4.49. The molecule has 0 atom stereocenters. The highest BCUT2D eigenvalue weighted by Gasteiger charge is 2.14. The SMILES string of the molecule is COc1ccc2cc3c4cc(O)ccc4cc[n+]3cc2c1O. The number of pyridine rings is 2. The molecule has 0 saturated heterocycles. The standard InChI is InChI=1S/C18H13NO3/c1-22-17-5-3-12-8-16-14-9-13(20)4-2-11(14)6-7-19(16)10-15(12)18(17)21/h2-10,20H,1H3/p+1. The van der Waals surface area contributed by atoms with Gasteiger partial charge in [0.2, 0.25) is 5.52 Å². The van der Waals surface area contributed by atoms with Gasteiger partial charge in [-0.3, -0.25) is 0 Å². The third-order valence-corrected chi connectivity index (χ3v) is 4.00. The number of hydrogen-bond donors (Lipinski definition) is 2. The topological polar surface area (TPSA) is 53.8 Å². The number of benzene rings is 2. The summed E-state index contributed by atoms with van der Waals surface area (Å²) < 4.78 is 7.09. The van der Waals surface area contributed by atoms with Gasteiger partial charge < -0.3 is 14.9 Å². The first-order chi connectivity index (χ1) is 10.7. The van der Waals surface area contributed by atoms with Crippen molar-refractivity contribution in [3.63, 3.8) is 0 Å². The van der Waals surface area contributed by atoms with Gasteiger partial charge in [-0.2, -0.15) is 4.40 Å². The summed E-state index contributed by atoms with van der Waals surface area (Å²) >= 11 is 0. The molecule has 0 spiro atoms. The molecule has 4 heteroatoms. The van der Waals surface area contributed by atoms with E-state index in [2.05, 4.69) is 0 Å². The Kier molecular flexibility index (Phi) is 2.60. The lowest BCUT2D eigenvalue weighted by molar-refractivity contribution is -0.509. The number of phenols is 2. The van der Waals surface area contributed by atoms with E-state index in [1.165, 1.54) is 7.11 Å². The maximum absolute atomic E-state index is 10.3. The van der Waals surface area contributed by atoms with E-state index in [-0.39, 0.29) is 11.5 Å².